The molecule has 0 aliphatic heterocycles. The van der Waals surface area contributed by atoms with Gasteiger partial charge >= 0.3 is 0 Å². The minimum Gasteiger partial charge on any atom is -0.340 e. The molecule has 5 nitrogen and oxygen atoms in total. The molecule has 0 saturated carbocycles. The first-order valence-corrected chi connectivity index (χ1v) is 8.22. The summed E-state index contributed by atoms with van der Waals surface area (Å²) < 4.78 is 0. The molecule has 0 amide bonds. The lowest BCUT2D eigenvalue weighted by molar-refractivity contribution is 1.03. The third kappa shape index (κ3) is 3.24. The van der Waals surface area contributed by atoms with Crippen LogP contribution in [-0.2, 0) is 0 Å². The summed E-state index contributed by atoms with van der Waals surface area (Å²) in [6.45, 7) is 0. The van der Waals surface area contributed by atoms with Gasteiger partial charge < -0.3 is 5.32 Å². The molecule has 0 bridgehead atoms. The van der Waals surface area contributed by atoms with Crippen LogP contribution in [0.25, 0.3) is 22.3 Å². The van der Waals surface area contributed by atoms with Crippen LogP contribution in [0, 0.1) is 0 Å². The number of anilines is 2. The summed E-state index contributed by atoms with van der Waals surface area (Å²) in [5.74, 6) is 1.24. The molecule has 0 spiro atoms. The van der Waals surface area contributed by atoms with Crippen molar-refractivity contribution in [2.24, 2.45) is 0 Å². The molecule has 2 heterocycles. The average Bonchev–Trinajstić information content (AvgIpc) is 2.65. The first-order valence-electron chi connectivity index (χ1n) is 7.46. The lowest BCUT2D eigenvalue weighted by Gasteiger charge is -2.11. The topological polar surface area (TPSA) is 63.6 Å². The molecular formula is C18H11Cl2N5. The van der Waals surface area contributed by atoms with Gasteiger partial charge in [0.15, 0.2) is 5.82 Å². The second-order valence-corrected chi connectivity index (χ2v) is 6.11. The number of hydrogen-bond acceptors (Lipinski definition) is 5. The van der Waals surface area contributed by atoms with Gasteiger partial charge in [0.2, 0.25) is 0 Å². The number of rotatable bonds is 3. The van der Waals surface area contributed by atoms with Crippen LogP contribution in [0.3, 0.4) is 0 Å². The van der Waals surface area contributed by atoms with Gasteiger partial charge in [-0.1, -0.05) is 35.3 Å². The fraction of sp³-hybridized carbons (Fsp3) is 0. The normalized spacial score (nSPS) is 10.8. The molecule has 4 aromatic rings. The van der Waals surface area contributed by atoms with Crippen molar-refractivity contribution in [3.05, 3.63) is 71.0 Å². The van der Waals surface area contributed by atoms with Crippen LogP contribution in [0.15, 0.2) is 60.9 Å². The second kappa shape index (κ2) is 6.63. The first kappa shape index (κ1) is 15.7. The van der Waals surface area contributed by atoms with E-state index in [2.05, 4.69) is 25.5 Å². The number of nitrogens with zero attached hydrogens (tertiary/aromatic N) is 4. The number of fused-ring (bicyclic) bond motifs is 1. The third-order valence-electron chi connectivity index (χ3n) is 3.63. The largest absolute Gasteiger partial charge is 0.340 e. The Morgan fingerprint density at radius 1 is 0.840 bits per heavy atom. The summed E-state index contributed by atoms with van der Waals surface area (Å²) in [7, 11) is 0. The highest BCUT2D eigenvalue weighted by Crippen LogP contribution is 2.30. The van der Waals surface area contributed by atoms with E-state index in [1.165, 1.54) is 0 Å². The number of benzene rings is 2. The lowest BCUT2D eigenvalue weighted by atomic mass is 10.2. The van der Waals surface area contributed by atoms with Crippen LogP contribution in [0.1, 0.15) is 0 Å². The van der Waals surface area contributed by atoms with Gasteiger partial charge in [-0.05, 0) is 36.4 Å². The minimum absolute atomic E-state index is 0.476. The molecule has 1 N–H and O–H groups in total. The predicted octanol–water partition coefficient (Wildman–Crippen LogP) is 5.14. The third-order valence-corrected chi connectivity index (χ3v) is 4.37. The Hall–Kier alpha value is -2.76. The van der Waals surface area contributed by atoms with Crippen molar-refractivity contribution >= 4 is 45.6 Å². The highest BCUT2D eigenvalue weighted by molar-refractivity contribution is 6.42. The van der Waals surface area contributed by atoms with Crippen LogP contribution < -0.4 is 5.32 Å². The minimum atomic E-state index is 0.476. The zero-order valence-corrected chi connectivity index (χ0v) is 14.3. The zero-order valence-electron chi connectivity index (χ0n) is 12.8. The van der Waals surface area contributed by atoms with Crippen LogP contribution >= 0.6 is 23.2 Å². The Labute approximate surface area is 153 Å². The molecule has 7 heteroatoms. The van der Waals surface area contributed by atoms with Gasteiger partial charge in [0.1, 0.15) is 5.82 Å². The number of nitrogens with one attached hydrogen (secondary N) is 1. The standard InChI is InChI=1S/C18H11Cl2N5/c19-14-6-5-12(9-15(14)20)23-18-13-3-1-2-4-16(13)24-17(25-18)11-7-8-21-22-10-11/h1-10H,(H,23,24,25). The van der Waals surface area contributed by atoms with Gasteiger partial charge in [-0.15, -0.1) is 0 Å². The van der Waals surface area contributed by atoms with E-state index in [1.54, 1.807) is 24.5 Å². The van der Waals surface area contributed by atoms with Crippen LogP contribution in [0.4, 0.5) is 11.5 Å². The van der Waals surface area contributed by atoms with Crippen molar-refractivity contribution in [1.82, 2.24) is 20.2 Å². The van der Waals surface area contributed by atoms with E-state index in [9.17, 15) is 0 Å². The molecule has 2 aromatic heterocycles. The van der Waals surface area contributed by atoms with E-state index in [-0.39, 0.29) is 0 Å². The molecule has 0 aliphatic rings. The molecule has 0 unspecified atom stereocenters. The van der Waals surface area contributed by atoms with Crippen LogP contribution in [0.2, 0.25) is 10.0 Å². The summed E-state index contributed by atoms with van der Waals surface area (Å²) in [5, 5.41) is 12.9. The number of para-hydroxylation sites is 1. The van der Waals surface area contributed by atoms with Crippen molar-refractivity contribution in [2.45, 2.75) is 0 Å². The van der Waals surface area contributed by atoms with E-state index >= 15 is 0 Å². The number of aromatic nitrogens is 4. The lowest BCUT2D eigenvalue weighted by Crippen LogP contribution is -1.99. The van der Waals surface area contributed by atoms with Crippen LogP contribution in [-0.4, -0.2) is 20.2 Å². The van der Waals surface area contributed by atoms with E-state index in [1.807, 2.05) is 36.4 Å². The van der Waals surface area contributed by atoms with Gasteiger partial charge in [0.25, 0.3) is 0 Å². The SMILES string of the molecule is Clc1ccc(Nc2nc(-c3ccnnc3)nc3ccccc23)cc1Cl. The summed E-state index contributed by atoms with van der Waals surface area (Å²) in [6, 6.07) is 14.9. The van der Waals surface area contributed by atoms with Gasteiger partial charge in [0.05, 0.1) is 28.0 Å². The Bertz CT molecular complexity index is 1050. The highest BCUT2D eigenvalue weighted by atomic mass is 35.5. The van der Waals surface area contributed by atoms with E-state index in [4.69, 9.17) is 23.2 Å². The Morgan fingerprint density at radius 2 is 1.72 bits per heavy atom. The molecule has 0 radical (unpaired) electrons. The monoisotopic (exact) mass is 367 g/mol. The first-order chi connectivity index (χ1) is 12.2. The summed E-state index contributed by atoms with van der Waals surface area (Å²) in [5.41, 5.74) is 2.40. The Balaban J connectivity index is 1.85. The van der Waals surface area contributed by atoms with Crippen LogP contribution in [0.5, 0.6) is 0 Å². The highest BCUT2D eigenvalue weighted by Gasteiger charge is 2.10. The summed E-state index contributed by atoms with van der Waals surface area (Å²) in [6.07, 6.45) is 3.24. The zero-order chi connectivity index (χ0) is 17.2. The second-order valence-electron chi connectivity index (χ2n) is 5.30. The van der Waals surface area contributed by atoms with E-state index in [0.717, 1.165) is 22.2 Å². The number of hydrogen-bond donors (Lipinski definition) is 1. The average molecular weight is 368 g/mol. The van der Waals surface area contributed by atoms with Gasteiger partial charge in [-0.2, -0.15) is 10.2 Å². The molecule has 0 saturated heterocycles. The predicted molar refractivity (Wildman–Crippen MR) is 100 cm³/mol. The molecule has 122 valence electrons. The Morgan fingerprint density at radius 3 is 2.52 bits per heavy atom. The van der Waals surface area contributed by atoms with Crippen molar-refractivity contribution in [1.29, 1.82) is 0 Å². The van der Waals surface area contributed by atoms with Gasteiger partial charge in [0, 0.05) is 16.6 Å². The van der Waals surface area contributed by atoms with E-state index < -0.39 is 0 Å². The molecular weight excluding hydrogens is 357 g/mol. The van der Waals surface area contributed by atoms with Gasteiger partial charge in [-0.25, -0.2) is 9.97 Å². The molecule has 4 rings (SSSR count). The number of halogens is 2. The van der Waals surface area contributed by atoms with Crippen molar-refractivity contribution in [2.75, 3.05) is 5.32 Å². The fourth-order valence-electron chi connectivity index (χ4n) is 2.43. The van der Waals surface area contributed by atoms with E-state index in [0.29, 0.717) is 21.7 Å². The molecule has 2 aromatic carbocycles. The maximum absolute atomic E-state index is 6.11. The Kier molecular flexibility index (Phi) is 4.17. The smallest absolute Gasteiger partial charge is 0.163 e. The molecule has 25 heavy (non-hydrogen) atoms. The maximum Gasteiger partial charge on any atom is 0.163 e. The fourth-order valence-corrected chi connectivity index (χ4v) is 2.73. The van der Waals surface area contributed by atoms with Crippen molar-refractivity contribution < 1.29 is 0 Å². The van der Waals surface area contributed by atoms with Crippen molar-refractivity contribution in [3.8, 4) is 11.4 Å². The quantitative estimate of drug-likeness (QED) is 0.543. The molecule has 0 atom stereocenters. The molecule has 0 fully saturated rings. The summed E-state index contributed by atoms with van der Waals surface area (Å²) in [4.78, 5) is 9.27. The molecule has 0 aliphatic carbocycles. The van der Waals surface area contributed by atoms with Gasteiger partial charge in [-0.3, -0.25) is 0 Å². The maximum atomic E-state index is 6.11. The summed E-state index contributed by atoms with van der Waals surface area (Å²) >= 11 is 12.1. The van der Waals surface area contributed by atoms with Crippen molar-refractivity contribution in [3.63, 3.8) is 0 Å².